The van der Waals surface area contributed by atoms with Crippen LogP contribution in [0.3, 0.4) is 0 Å². The fourth-order valence-corrected chi connectivity index (χ4v) is 3.91. The van der Waals surface area contributed by atoms with Gasteiger partial charge < -0.3 is 9.80 Å². The van der Waals surface area contributed by atoms with Crippen molar-refractivity contribution in [3.8, 4) is 0 Å². The molecule has 128 valence electrons. The molecule has 0 atom stereocenters. The van der Waals surface area contributed by atoms with Gasteiger partial charge in [-0.25, -0.2) is 0 Å². The fraction of sp³-hybridized carbons (Fsp3) is 0.421. The summed E-state index contributed by atoms with van der Waals surface area (Å²) in [5.74, 6) is 0.186. The second-order valence-corrected chi connectivity index (χ2v) is 7.64. The van der Waals surface area contributed by atoms with Crippen LogP contribution in [-0.4, -0.2) is 49.9 Å². The van der Waals surface area contributed by atoms with Crippen molar-refractivity contribution >= 4 is 22.9 Å². The maximum Gasteiger partial charge on any atom is 0.236 e. The van der Waals surface area contributed by atoms with Crippen LogP contribution in [0.2, 0.25) is 0 Å². The Morgan fingerprint density at radius 1 is 1.17 bits per heavy atom. The van der Waals surface area contributed by atoms with Crippen molar-refractivity contribution in [2.24, 2.45) is 0 Å². The van der Waals surface area contributed by atoms with Gasteiger partial charge in [-0.3, -0.25) is 9.69 Å². The molecule has 5 heteroatoms. The first-order valence-electron chi connectivity index (χ1n) is 8.31. The van der Waals surface area contributed by atoms with Crippen LogP contribution in [0.15, 0.2) is 35.7 Å². The monoisotopic (exact) mass is 343 g/mol. The van der Waals surface area contributed by atoms with Crippen LogP contribution in [0.25, 0.3) is 0 Å². The molecule has 0 saturated heterocycles. The Morgan fingerprint density at radius 3 is 2.62 bits per heavy atom. The number of hydrogen-bond acceptors (Lipinski definition) is 4. The SMILES string of the molecule is CN(Cc1ccc(N(C)C)cc1)C(=O)CN1CCc2sccc2C1. The van der Waals surface area contributed by atoms with Crippen LogP contribution in [0.1, 0.15) is 16.0 Å². The van der Waals surface area contributed by atoms with Gasteiger partial charge in [0.2, 0.25) is 5.91 Å². The molecule has 0 bridgehead atoms. The lowest BCUT2D eigenvalue weighted by Gasteiger charge is -2.28. The molecule has 0 aliphatic carbocycles. The molecule has 2 aromatic rings. The van der Waals surface area contributed by atoms with Crippen LogP contribution in [0.5, 0.6) is 0 Å². The van der Waals surface area contributed by atoms with E-state index in [1.807, 2.05) is 37.4 Å². The number of benzene rings is 1. The van der Waals surface area contributed by atoms with Crippen LogP contribution >= 0.6 is 11.3 Å². The number of carbonyl (C=O) groups is 1. The zero-order chi connectivity index (χ0) is 17.1. The third-order valence-corrected chi connectivity index (χ3v) is 5.57. The maximum atomic E-state index is 12.5. The number of hydrogen-bond donors (Lipinski definition) is 0. The van der Waals surface area contributed by atoms with E-state index >= 15 is 0 Å². The normalized spacial score (nSPS) is 14.3. The second-order valence-electron chi connectivity index (χ2n) is 6.64. The minimum Gasteiger partial charge on any atom is -0.378 e. The molecule has 0 saturated carbocycles. The zero-order valence-corrected chi connectivity index (χ0v) is 15.5. The van der Waals surface area contributed by atoms with Gasteiger partial charge in [-0.1, -0.05) is 12.1 Å². The molecule has 4 nitrogen and oxygen atoms in total. The van der Waals surface area contributed by atoms with E-state index in [4.69, 9.17) is 0 Å². The summed E-state index contributed by atoms with van der Waals surface area (Å²) in [5, 5.41) is 2.15. The molecule has 0 fully saturated rings. The lowest BCUT2D eigenvalue weighted by atomic mass is 10.1. The molecular weight excluding hydrogens is 318 g/mol. The number of carbonyl (C=O) groups excluding carboxylic acids is 1. The van der Waals surface area contributed by atoms with Gasteiger partial charge in [-0.2, -0.15) is 0 Å². The number of anilines is 1. The highest BCUT2D eigenvalue weighted by atomic mass is 32.1. The summed E-state index contributed by atoms with van der Waals surface area (Å²) < 4.78 is 0. The first-order chi connectivity index (χ1) is 11.5. The highest BCUT2D eigenvalue weighted by molar-refractivity contribution is 7.10. The molecule has 2 heterocycles. The number of thiophene rings is 1. The summed E-state index contributed by atoms with van der Waals surface area (Å²) in [4.78, 5) is 20.2. The average Bonchev–Trinajstić information content (AvgIpc) is 3.03. The van der Waals surface area contributed by atoms with E-state index in [1.54, 1.807) is 0 Å². The van der Waals surface area contributed by atoms with Gasteiger partial charge in [0.05, 0.1) is 6.54 Å². The predicted octanol–water partition coefficient (Wildman–Crippen LogP) is 2.83. The van der Waals surface area contributed by atoms with E-state index in [0.29, 0.717) is 13.1 Å². The third-order valence-electron chi connectivity index (χ3n) is 4.54. The van der Waals surface area contributed by atoms with Gasteiger partial charge in [-0.15, -0.1) is 11.3 Å². The van der Waals surface area contributed by atoms with Gasteiger partial charge in [-0.05, 0) is 41.1 Å². The molecule has 24 heavy (non-hydrogen) atoms. The highest BCUT2D eigenvalue weighted by Gasteiger charge is 2.20. The van der Waals surface area contributed by atoms with Crippen molar-refractivity contribution in [3.05, 3.63) is 51.7 Å². The zero-order valence-electron chi connectivity index (χ0n) is 14.7. The van der Waals surface area contributed by atoms with E-state index in [-0.39, 0.29) is 5.91 Å². The fourth-order valence-electron chi connectivity index (χ4n) is 3.02. The minimum atomic E-state index is 0.186. The van der Waals surface area contributed by atoms with Crippen LogP contribution in [0, 0.1) is 0 Å². The first kappa shape index (κ1) is 17.0. The number of likely N-dealkylation sites (N-methyl/N-ethyl adjacent to an activating group) is 1. The number of amides is 1. The van der Waals surface area contributed by atoms with E-state index < -0.39 is 0 Å². The molecule has 0 radical (unpaired) electrons. The first-order valence-corrected chi connectivity index (χ1v) is 9.18. The molecule has 1 aliphatic heterocycles. The number of rotatable bonds is 5. The smallest absolute Gasteiger partial charge is 0.236 e. The molecule has 0 spiro atoms. The van der Waals surface area contributed by atoms with Gasteiger partial charge >= 0.3 is 0 Å². The molecular formula is C19H25N3OS. The lowest BCUT2D eigenvalue weighted by molar-refractivity contribution is -0.131. The Kier molecular flexibility index (Phi) is 5.21. The molecule has 1 aliphatic rings. The van der Waals surface area contributed by atoms with Crippen LogP contribution in [0.4, 0.5) is 5.69 Å². The Labute approximate surface area is 148 Å². The summed E-state index contributed by atoms with van der Waals surface area (Å²) in [5.41, 5.74) is 3.73. The lowest BCUT2D eigenvalue weighted by Crippen LogP contribution is -2.40. The summed E-state index contributed by atoms with van der Waals surface area (Å²) in [6.45, 7) is 3.03. The quantitative estimate of drug-likeness (QED) is 0.835. The second kappa shape index (κ2) is 7.36. The summed E-state index contributed by atoms with van der Waals surface area (Å²) in [6, 6.07) is 10.6. The van der Waals surface area contributed by atoms with E-state index in [1.165, 1.54) is 16.1 Å². The van der Waals surface area contributed by atoms with E-state index in [2.05, 4.69) is 45.5 Å². The summed E-state index contributed by atoms with van der Waals surface area (Å²) in [6.07, 6.45) is 1.07. The molecule has 0 unspecified atom stereocenters. The van der Waals surface area contributed by atoms with Crippen molar-refractivity contribution in [2.45, 2.75) is 19.5 Å². The summed E-state index contributed by atoms with van der Waals surface area (Å²) >= 11 is 1.83. The Hall–Kier alpha value is -1.85. The molecule has 1 amide bonds. The molecule has 1 aromatic carbocycles. The average molecular weight is 343 g/mol. The van der Waals surface area contributed by atoms with Crippen molar-refractivity contribution in [2.75, 3.05) is 39.1 Å². The standard InChI is InChI=1S/C19H25N3OS/c1-20(2)17-6-4-15(5-7-17)12-21(3)19(23)14-22-10-8-18-16(13-22)9-11-24-18/h4-7,9,11H,8,10,12-14H2,1-3H3. The number of fused-ring (bicyclic) bond motifs is 1. The highest BCUT2D eigenvalue weighted by Crippen LogP contribution is 2.23. The molecule has 0 N–H and O–H groups in total. The third kappa shape index (κ3) is 3.97. The summed E-state index contributed by atoms with van der Waals surface area (Å²) in [7, 11) is 5.95. The van der Waals surface area contributed by atoms with E-state index in [0.717, 1.165) is 25.1 Å². The minimum absolute atomic E-state index is 0.186. The van der Waals surface area contributed by atoms with Crippen molar-refractivity contribution in [1.29, 1.82) is 0 Å². The molecule has 3 rings (SSSR count). The van der Waals surface area contributed by atoms with Crippen molar-refractivity contribution in [3.63, 3.8) is 0 Å². The van der Waals surface area contributed by atoms with Crippen molar-refractivity contribution in [1.82, 2.24) is 9.80 Å². The van der Waals surface area contributed by atoms with Crippen molar-refractivity contribution < 1.29 is 4.79 Å². The Bertz CT molecular complexity index is 693. The Morgan fingerprint density at radius 2 is 1.92 bits per heavy atom. The number of nitrogens with zero attached hydrogens (tertiary/aromatic N) is 3. The van der Waals surface area contributed by atoms with Gasteiger partial charge in [0.1, 0.15) is 0 Å². The topological polar surface area (TPSA) is 26.8 Å². The van der Waals surface area contributed by atoms with Gasteiger partial charge in [0.25, 0.3) is 0 Å². The van der Waals surface area contributed by atoms with Gasteiger partial charge in [0.15, 0.2) is 0 Å². The maximum absolute atomic E-state index is 12.5. The predicted molar refractivity (Wildman–Crippen MR) is 101 cm³/mol. The Balaban J connectivity index is 1.53. The molecule has 1 aromatic heterocycles. The van der Waals surface area contributed by atoms with E-state index in [9.17, 15) is 4.79 Å². The van der Waals surface area contributed by atoms with Crippen LogP contribution < -0.4 is 4.90 Å². The van der Waals surface area contributed by atoms with Crippen LogP contribution in [-0.2, 0) is 24.3 Å². The largest absolute Gasteiger partial charge is 0.378 e. The van der Waals surface area contributed by atoms with Gasteiger partial charge in [0, 0.05) is 51.3 Å².